The Balaban J connectivity index is 3.16. The molecule has 0 bridgehead atoms. The average molecular weight is 356 g/mol. The van der Waals surface area contributed by atoms with Crippen molar-refractivity contribution in [3.05, 3.63) is 26.6 Å². The van der Waals surface area contributed by atoms with E-state index in [0.29, 0.717) is 22.0 Å². The monoisotopic (exact) mass is 354 g/mol. The normalized spacial score (nSPS) is 8.71. The molecule has 0 saturated carbocycles. The first-order chi connectivity index (χ1) is 8.12. The highest BCUT2D eigenvalue weighted by molar-refractivity contribution is 9.11. The van der Waals surface area contributed by atoms with E-state index in [1.54, 1.807) is 24.3 Å². The summed E-state index contributed by atoms with van der Waals surface area (Å²) in [7, 11) is 0. The van der Waals surface area contributed by atoms with Crippen LogP contribution >= 0.6 is 31.9 Å². The van der Waals surface area contributed by atoms with Crippen molar-refractivity contribution in [1.82, 2.24) is 0 Å². The van der Waals surface area contributed by atoms with Gasteiger partial charge in [-0.25, -0.2) is 0 Å². The van der Waals surface area contributed by atoms with Gasteiger partial charge in [-0.3, -0.25) is 10.2 Å². The molecule has 0 spiro atoms. The third kappa shape index (κ3) is 3.38. The average Bonchev–Trinajstić information content (AvgIpc) is 2.31. The molecular weight excluding hydrogens is 352 g/mol. The highest BCUT2D eigenvalue weighted by Crippen LogP contribution is 2.29. The highest BCUT2D eigenvalue weighted by Gasteiger charge is 2.08. The van der Waals surface area contributed by atoms with Crippen LogP contribution < -0.4 is 5.43 Å². The third-order valence-electron chi connectivity index (χ3n) is 1.70. The standard InChI is InChI=1S/C10H4Br2N4O/c11-7-1-6(5-17)10(9(12)2-7)16-15-8(3-13)4-14/h1-2,5,16H. The Morgan fingerprint density at radius 1 is 1.35 bits per heavy atom. The summed E-state index contributed by atoms with van der Waals surface area (Å²) in [5, 5.41) is 20.6. The second-order valence-corrected chi connectivity index (χ2v) is 4.54. The zero-order chi connectivity index (χ0) is 12.8. The van der Waals surface area contributed by atoms with Crippen molar-refractivity contribution >= 4 is 49.5 Å². The molecule has 0 unspecified atom stereocenters. The molecule has 0 radical (unpaired) electrons. The van der Waals surface area contributed by atoms with Gasteiger partial charge in [-0.05, 0) is 28.1 Å². The van der Waals surface area contributed by atoms with Gasteiger partial charge in [-0.15, -0.1) is 0 Å². The lowest BCUT2D eigenvalue weighted by molar-refractivity contribution is 0.112. The minimum absolute atomic E-state index is 0.323. The summed E-state index contributed by atoms with van der Waals surface area (Å²) in [6.07, 6.45) is 0.645. The summed E-state index contributed by atoms with van der Waals surface area (Å²) in [6, 6.07) is 6.51. The van der Waals surface area contributed by atoms with E-state index in [9.17, 15) is 4.79 Å². The van der Waals surface area contributed by atoms with Gasteiger partial charge < -0.3 is 0 Å². The number of carbonyl (C=O) groups is 1. The number of rotatable bonds is 3. The van der Waals surface area contributed by atoms with E-state index in [-0.39, 0.29) is 5.71 Å². The molecule has 0 fully saturated rings. The number of aldehydes is 1. The van der Waals surface area contributed by atoms with E-state index >= 15 is 0 Å². The summed E-state index contributed by atoms with van der Waals surface area (Å²) in [4.78, 5) is 10.9. The predicted molar refractivity (Wildman–Crippen MR) is 69.5 cm³/mol. The smallest absolute Gasteiger partial charge is 0.237 e. The molecule has 1 aromatic rings. The number of halogens is 2. The van der Waals surface area contributed by atoms with Crippen molar-refractivity contribution in [2.24, 2.45) is 5.10 Å². The second-order valence-electron chi connectivity index (χ2n) is 2.77. The zero-order valence-corrected chi connectivity index (χ0v) is 11.4. The molecule has 5 nitrogen and oxygen atoms in total. The highest BCUT2D eigenvalue weighted by atomic mass is 79.9. The summed E-state index contributed by atoms with van der Waals surface area (Å²) in [5.74, 6) is 0. The van der Waals surface area contributed by atoms with Crippen molar-refractivity contribution in [3.63, 3.8) is 0 Å². The topological polar surface area (TPSA) is 89.0 Å². The third-order valence-corrected chi connectivity index (χ3v) is 2.79. The number of carbonyl (C=O) groups excluding carboxylic acids is 1. The van der Waals surface area contributed by atoms with Crippen LogP contribution in [0, 0.1) is 22.7 Å². The molecule has 0 saturated heterocycles. The minimum atomic E-state index is -0.323. The Hall–Kier alpha value is -1.70. The molecule has 0 aliphatic carbocycles. The number of nitriles is 2. The number of hydrazone groups is 1. The fourth-order valence-corrected chi connectivity index (χ4v) is 2.34. The molecule has 0 aliphatic heterocycles. The van der Waals surface area contributed by atoms with Gasteiger partial charge in [0.1, 0.15) is 12.1 Å². The molecule has 84 valence electrons. The van der Waals surface area contributed by atoms with E-state index in [1.165, 1.54) is 0 Å². The number of anilines is 1. The summed E-state index contributed by atoms with van der Waals surface area (Å²) < 4.78 is 1.31. The summed E-state index contributed by atoms with van der Waals surface area (Å²) in [6.45, 7) is 0. The molecular formula is C10H4Br2N4O. The van der Waals surface area contributed by atoms with Crippen LogP contribution in [0.5, 0.6) is 0 Å². The van der Waals surface area contributed by atoms with Crippen LogP contribution in [0.1, 0.15) is 10.4 Å². The number of nitrogens with one attached hydrogen (secondary N) is 1. The van der Waals surface area contributed by atoms with Crippen molar-refractivity contribution in [2.45, 2.75) is 0 Å². The molecule has 0 heterocycles. The molecule has 0 aliphatic rings. The summed E-state index contributed by atoms with van der Waals surface area (Å²) in [5.41, 5.74) is 2.93. The van der Waals surface area contributed by atoms with Crippen LogP contribution in [0.15, 0.2) is 26.2 Å². The molecule has 0 atom stereocenters. The van der Waals surface area contributed by atoms with Crippen LogP contribution in [-0.2, 0) is 0 Å². The van der Waals surface area contributed by atoms with E-state index in [1.807, 2.05) is 0 Å². The van der Waals surface area contributed by atoms with Crippen LogP contribution in [-0.4, -0.2) is 12.0 Å². The summed E-state index contributed by atoms with van der Waals surface area (Å²) >= 11 is 6.48. The van der Waals surface area contributed by atoms with Gasteiger partial charge in [0.15, 0.2) is 6.29 Å². The van der Waals surface area contributed by atoms with Gasteiger partial charge in [-0.2, -0.15) is 15.6 Å². The van der Waals surface area contributed by atoms with E-state index < -0.39 is 0 Å². The van der Waals surface area contributed by atoms with Crippen molar-refractivity contribution in [2.75, 3.05) is 5.43 Å². The molecule has 0 amide bonds. The lowest BCUT2D eigenvalue weighted by Gasteiger charge is -2.07. The van der Waals surface area contributed by atoms with E-state index in [0.717, 1.165) is 4.47 Å². The molecule has 0 aromatic heterocycles. The quantitative estimate of drug-likeness (QED) is 0.513. The van der Waals surface area contributed by atoms with Gasteiger partial charge >= 0.3 is 0 Å². The Morgan fingerprint density at radius 2 is 2.00 bits per heavy atom. The zero-order valence-electron chi connectivity index (χ0n) is 8.24. The van der Waals surface area contributed by atoms with Crippen molar-refractivity contribution in [1.29, 1.82) is 10.5 Å². The number of hydrogen-bond acceptors (Lipinski definition) is 5. The van der Waals surface area contributed by atoms with Crippen molar-refractivity contribution in [3.8, 4) is 12.1 Å². The van der Waals surface area contributed by atoms with Crippen LogP contribution in [0.4, 0.5) is 5.69 Å². The van der Waals surface area contributed by atoms with Gasteiger partial charge in [0.2, 0.25) is 5.71 Å². The van der Waals surface area contributed by atoms with Gasteiger partial charge in [0.25, 0.3) is 0 Å². The van der Waals surface area contributed by atoms with Gasteiger partial charge in [-0.1, -0.05) is 15.9 Å². The lowest BCUT2D eigenvalue weighted by Crippen LogP contribution is -2.00. The lowest BCUT2D eigenvalue weighted by atomic mass is 10.2. The van der Waals surface area contributed by atoms with Crippen molar-refractivity contribution < 1.29 is 4.79 Å². The van der Waals surface area contributed by atoms with Gasteiger partial charge in [0.05, 0.1) is 5.69 Å². The Kier molecular flexibility index (Phi) is 4.83. The minimum Gasteiger partial charge on any atom is -0.298 e. The fourth-order valence-electron chi connectivity index (χ4n) is 0.991. The SMILES string of the molecule is N#CC(C#N)=NNc1c(Br)cc(Br)cc1C=O. The first-order valence-electron chi connectivity index (χ1n) is 4.20. The van der Waals surface area contributed by atoms with Gasteiger partial charge in [0, 0.05) is 14.5 Å². The van der Waals surface area contributed by atoms with Crippen LogP contribution in [0.25, 0.3) is 0 Å². The van der Waals surface area contributed by atoms with E-state index in [4.69, 9.17) is 10.5 Å². The first kappa shape index (κ1) is 13.4. The largest absolute Gasteiger partial charge is 0.298 e. The van der Waals surface area contributed by atoms with Crippen LogP contribution in [0.3, 0.4) is 0 Å². The number of nitrogens with zero attached hydrogens (tertiary/aromatic N) is 3. The Labute approximate surface area is 114 Å². The molecule has 17 heavy (non-hydrogen) atoms. The maximum atomic E-state index is 10.9. The Morgan fingerprint density at radius 3 is 2.53 bits per heavy atom. The molecule has 1 N–H and O–H groups in total. The maximum absolute atomic E-state index is 10.9. The number of benzene rings is 1. The second kappa shape index (κ2) is 6.14. The molecule has 7 heteroatoms. The molecule has 1 aromatic carbocycles. The maximum Gasteiger partial charge on any atom is 0.237 e. The van der Waals surface area contributed by atoms with E-state index in [2.05, 4.69) is 42.4 Å². The first-order valence-corrected chi connectivity index (χ1v) is 5.79. The fraction of sp³-hybridized carbons (Fsp3) is 0. The van der Waals surface area contributed by atoms with Crippen LogP contribution in [0.2, 0.25) is 0 Å². The number of hydrogen-bond donors (Lipinski definition) is 1. The molecule has 1 rings (SSSR count). The predicted octanol–water partition coefficient (Wildman–Crippen LogP) is 2.84. The Bertz CT molecular complexity index is 553.